The maximum absolute atomic E-state index is 14.2. The van der Waals surface area contributed by atoms with Crippen LogP contribution in [0.5, 0.6) is 11.5 Å². The van der Waals surface area contributed by atoms with E-state index in [0.29, 0.717) is 22.3 Å². The lowest BCUT2D eigenvalue weighted by Gasteiger charge is -2.38. The Hall–Kier alpha value is -3.79. The number of hydrogen-bond acceptors (Lipinski definition) is 5. The normalized spacial score (nSPS) is 14.1. The molecule has 4 N–H and O–H groups in total. The Bertz CT molecular complexity index is 1430. The Labute approximate surface area is 210 Å². The van der Waals surface area contributed by atoms with Gasteiger partial charge in [-0.3, -0.25) is 0 Å². The fourth-order valence-electron chi connectivity index (χ4n) is 4.59. The Kier molecular flexibility index (Phi) is 6.58. The molecule has 0 aliphatic heterocycles. The molecule has 6 nitrogen and oxygen atoms in total. The van der Waals surface area contributed by atoms with Crippen LogP contribution in [-0.2, 0) is 5.41 Å². The van der Waals surface area contributed by atoms with Gasteiger partial charge in [-0.2, -0.15) is 18.3 Å². The second-order valence-electron chi connectivity index (χ2n) is 9.92. The van der Waals surface area contributed by atoms with Crippen molar-refractivity contribution in [2.24, 2.45) is 0 Å². The third-order valence-electron chi connectivity index (χ3n) is 6.45. The number of nitrogens with one attached hydrogen (secondary N) is 1. The number of aliphatic hydroxyl groups is 1. The molecular weight excluding hydrogens is 490 g/mol. The molecule has 0 saturated heterocycles. The Balaban J connectivity index is 1.67. The predicted octanol–water partition coefficient (Wildman–Crippen LogP) is 5.96. The maximum atomic E-state index is 14.2. The van der Waals surface area contributed by atoms with Crippen LogP contribution < -0.4 is 5.32 Å². The van der Waals surface area contributed by atoms with E-state index in [-0.39, 0.29) is 17.1 Å². The van der Waals surface area contributed by atoms with Crippen molar-refractivity contribution in [2.45, 2.75) is 44.4 Å². The van der Waals surface area contributed by atoms with Crippen LogP contribution in [0.2, 0.25) is 0 Å². The molecule has 0 bridgehead atoms. The van der Waals surface area contributed by atoms with E-state index < -0.39 is 36.0 Å². The van der Waals surface area contributed by atoms with E-state index in [2.05, 4.69) is 10.4 Å². The quantitative estimate of drug-likeness (QED) is 0.227. The van der Waals surface area contributed by atoms with Crippen molar-refractivity contribution in [2.75, 3.05) is 11.9 Å². The summed E-state index contributed by atoms with van der Waals surface area (Å²) in [6.45, 7) is 3.71. The number of rotatable bonds is 7. The van der Waals surface area contributed by atoms with Crippen LogP contribution in [0.25, 0.3) is 16.6 Å². The minimum atomic E-state index is -5.03. The highest BCUT2D eigenvalue weighted by Gasteiger charge is 2.56. The number of anilines is 1. The summed E-state index contributed by atoms with van der Waals surface area (Å²) in [5.74, 6) is -0.979. The first-order chi connectivity index (χ1) is 17.2. The zero-order valence-electron chi connectivity index (χ0n) is 20.4. The molecular formula is C27H27F4N3O3. The van der Waals surface area contributed by atoms with Crippen molar-refractivity contribution in [3.63, 3.8) is 0 Å². The zero-order valence-corrected chi connectivity index (χ0v) is 20.4. The molecule has 0 amide bonds. The first-order valence-corrected chi connectivity index (χ1v) is 11.5. The van der Waals surface area contributed by atoms with Crippen molar-refractivity contribution in [3.8, 4) is 17.2 Å². The number of aromatic nitrogens is 2. The van der Waals surface area contributed by atoms with Crippen molar-refractivity contribution in [3.05, 3.63) is 77.7 Å². The number of fused-ring (bicyclic) bond motifs is 1. The van der Waals surface area contributed by atoms with Gasteiger partial charge in [0.05, 0.1) is 23.9 Å². The lowest BCUT2D eigenvalue weighted by molar-refractivity contribution is -0.260. The monoisotopic (exact) mass is 517 g/mol. The van der Waals surface area contributed by atoms with Crippen LogP contribution in [0.1, 0.15) is 31.4 Å². The minimum absolute atomic E-state index is 0.0386. The van der Waals surface area contributed by atoms with E-state index in [1.807, 2.05) is 6.07 Å². The van der Waals surface area contributed by atoms with Gasteiger partial charge in [-0.25, -0.2) is 9.07 Å². The van der Waals surface area contributed by atoms with Gasteiger partial charge in [0, 0.05) is 16.6 Å². The van der Waals surface area contributed by atoms with Crippen LogP contribution in [0, 0.1) is 12.7 Å². The molecule has 0 radical (unpaired) electrons. The fourth-order valence-corrected chi connectivity index (χ4v) is 4.59. The molecule has 0 spiro atoms. The maximum Gasteiger partial charge on any atom is 0.418 e. The van der Waals surface area contributed by atoms with Crippen LogP contribution in [0.3, 0.4) is 0 Å². The standard InChI is InChI=1S/C27H27F4N3O3/c1-16-10-22(20-13-33-34(23(20)11-16)18-5-7-19(35)8-6-18)32-15-26(37,27(29,30)31)14-25(2,3)21-12-17(28)4-9-24(21)36/h4-13,32,35-37H,14-15H2,1-3H3. The van der Waals surface area contributed by atoms with E-state index in [1.165, 1.54) is 32.2 Å². The van der Waals surface area contributed by atoms with Crippen LogP contribution in [0.15, 0.2) is 60.8 Å². The topological polar surface area (TPSA) is 90.5 Å². The number of halogens is 4. The third-order valence-corrected chi connectivity index (χ3v) is 6.45. The van der Waals surface area contributed by atoms with Crippen LogP contribution in [-0.4, -0.2) is 43.4 Å². The first-order valence-electron chi connectivity index (χ1n) is 11.5. The zero-order chi connectivity index (χ0) is 27.2. The molecule has 0 fully saturated rings. The van der Waals surface area contributed by atoms with Gasteiger partial charge in [-0.15, -0.1) is 0 Å². The molecule has 37 heavy (non-hydrogen) atoms. The largest absolute Gasteiger partial charge is 0.508 e. The average Bonchev–Trinajstić information content (AvgIpc) is 3.22. The predicted molar refractivity (Wildman–Crippen MR) is 133 cm³/mol. The highest BCUT2D eigenvalue weighted by atomic mass is 19.4. The highest BCUT2D eigenvalue weighted by Crippen LogP contribution is 2.44. The second kappa shape index (κ2) is 9.26. The van der Waals surface area contributed by atoms with Gasteiger partial charge in [0.2, 0.25) is 0 Å². The summed E-state index contributed by atoms with van der Waals surface area (Å²) < 4.78 is 58.1. The molecule has 1 unspecified atom stereocenters. The number of aromatic hydroxyl groups is 2. The van der Waals surface area contributed by atoms with Gasteiger partial charge in [0.25, 0.3) is 0 Å². The molecule has 196 valence electrons. The van der Waals surface area contributed by atoms with Crippen LogP contribution in [0.4, 0.5) is 23.2 Å². The van der Waals surface area contributed by atoms with E-state index >= 15 is 0 Å². The van der Waals surface area contributed by atoms with E-state index in [1.54, 1.807) is 29.8 Å². The number of alkyl halides is 3. The van der Waals surface area contributed by atoms with Crippen molar-refractivity contribution >= 4 is 16.6 Å². The van der Waals surface area contributed by atoms with E-state index in [0.717, 1.165) is 23.8 Å². The Morgan fingerprint density at radius 1 is 0.973 bits per heavy atom. The van der Waals surface area contributed by atoms with Gasteiger partial charge >= 0.3 is 6.18 Å². The van der Waals surface area contributed by atoms with Crippen molar-refractivity contribution in [1.82, 2.24) is 9.78 Å². The van der Waals surface area contributed by atoms with Gasteiger partial charge in [0.15, 0.2) is 5.60 Å². The van der Waals surface area contributed by atoms with Gasteiger partial charge in [-0.05, 0) is 78.9 Å². The molecule has 0 saturated carbocycles. The van der Waals surface area contributed by atoms with Gasteiger partial charge < -0.3 is 20.6 Å². The minimum Gasteiger partial charge on any atom is -0.508 e. The molecule has 10 heteroatoms. The van der Waals surface area contributed by atoms with Gasteiger partial charge in [-0.1, -0.05) is 13.8 Å². The molecule has 1 atom stereocenters. The summed E-state index contributed by atoms with van der Waals surface area (Å²) in [5.41, 5.74) is -2.32. The first kappa shape index (κ1) is 26.3. The number of aryl methyl sites for hydroxylation is 1. The number of nitrogens with zero attached hydrogens (tertiary/aromatic N) is 2. The summed E-state index contributed by atoms with van der Waals surface area (Å²) in [7, 11) is 0. The Morgan fingerprint density at radius 3 is 2.30 bits per heavy atom. The SMILES string of the molecule is Cc1cc(NCC(O)(CC(C)(C)c2cc(F)ccc2O)C(F)(F)F)c2cnn(-c3ccc(O)cc3)c2c1. The smallest absolute Gasteiger partial charge is 0.418 e. The van der Waals surface area contributed by atoms with Crippen molar-refractivity contribution < 1.29 is 32.9 Å². The number of phenolic OH excluding ortho intramolecular Hbond substituents is 2. The molecule has 0 aliphatic carbocycles. The van der Waals surface area contributed by atoms with E-state index in [4.69, 9.17) is 0 Å². The third kappa shape index (κ3) is 5.20. The van der Waals surface area contributed by atoms with Gasteiger partial charge in [0.1, 0.15) is 17.3 Å². The Morgan fingerprint density at radius 2 is 1.65 bits per heavy atom. The number of hydrogen-bond donors (Lipinski definition) is 4. The summed E-state index contributed by atoms with van der Waals surface area (Å²) in [6, 6.07) is 12.9. The molecule has 1 aromatic heterocycles. The lowest BCUT2D eigenvalue weighted by Crippen LogP contribution is -2.53. The lowest BCUT2D eigenvalue weighted by atomic mass is 9.74. The van der Waals surface area contributed by atoms with Crippen LogP contribution >= 0.6 is 0 Å². The molecule has 3 aromatic carbocycles. The van der Waals surface area contributed by atoms with E-state index in [9.17, 15) is 32.9 Å². The summed E-state index contributed by atoms with van der Waals surface area (Å²) in [4.78, 5) is 0. The number of phenols is 2. The molecule has 1 heterocycles. The fraction of sp³-hybridized carbons (Fsp3) is 0.296. The molecule has 0 aliphatic rings. The summed E-state index contributed by atoms with van der Waals surface area (Å²) >= 11 is 0. The number of benzene rings is 3. The second-order valence-corrected chi connectivity index (χ2v) is 9.92. The van der Waals surface area contributed by atoms with Crippen molar-refractivity contribution in [1.29, 1.82) is 0 Å². The summed E-state index contributed by atoms with van der Waals surface area (Å²) in [5, 5.41) is 38.3. The molecule has 4 aromatic rings. The summed E-state index contributed by atoms with van der Waals surface area (Å²) in [6.07, 6.45) is -4.36. The molecule has 4 rings (SSSR count). The highest BCUT2D eigenvalue weighted by molar-refractivity contribution is 5.93. The average molecular weight is 518 g/mol.